The van der Waals surface area contributed by atoms with Crippen LogP contribution < -0.4 is 4.74 Å². The first-order chi connectivity index (χ1) is 12.2. The molecule has 25 heavy (non-hydrogen) atoms. The maximum Gasteiger partial charge on any atom is 0.317 e. The number of nitrogens with zero attached hydrogens (tertiary/aromatic N) is 3. The highest BCUT2D eigenvalue weighted by molar-refractivity contribution is 5.77. The minimum Gasteiger partial charge on any atom is -0.455 e. The predicted octanol–water partition coefficient (Wildman–Crippen LogP) is 4.00. The maximum atomic E-state index is 5.69. The average Bonchev–Trinajstić information content (AvgIpc) is 3.07. The molecule has 4 rings (SSSR count). The van der Waals surface area contributed by atoms with Crippen LogP contribution in [0, 0.1) is 5.41 Å². The highest BCUT2D eigenvalue weighted by atomic mass is 16.5. The number of ether oxygens (including phenoxy) is 1. The standard InChI is InChI=1S/C20H20N4O/c1-20(9-5-2-6-10-20)11-16-13-21-18(23-16)14-25-19-22-12-15-7-3-4-8-17(15)24-19/h2-9,12-13H,10-11,14H2,1H3,(H,21,23). The lowest BCUT2D eigenvalue weighted by Gasteiger charge is -2.25. The number of hydrogen-bond acceptors (Lipinski definition) is 4. The Balaban J connectivity index is 1.40. The molecule has 0 saturated carbocycles. The average molecular weight is 332 g/mol. The van der Waals surface area contributed by atoms with Gasteiger partial charge in [-0.3, -0.25) is 0 Å². The fourth-order valence-electron chi connectivity index (χ4n) is 3.06. The van der Waals surface area contributed by atoms with Gasteiger partial charge in [0.2, 0.25) is 0 Å². The van der Waals surface area contributed by atoms with E-state index in [9.17, 15) is 0 Å². The largest absolute Gasteiger partial charge is 0.455 e. The topological polar surface area (TPSA) is 63.7 Å². The van der Waals surface area contributed by atoms with Crippen LogP contribution in [0.25, 0.3) is 10.9 Å². The van der Waals surface area contributed by atoms with Gasteiger partial charge in [-0.25, -0.2) is 9.97 Å². The van der Waals surface area contributed by atoms with Crippen molar-refractivity contribution in [3.05, 3.63) is 72.5 Å². The number of para-hydroxylation sites is 1. The summed E-state index contributed by atoms with van der Waals surface area (Å²) in [5.41, 5.74) is 2.12. The molecule has 0 saturated heterocycles. The molecule has 3 aromatic rings. The first kappa shape index (κ1) is 15.6. The lowest BCUT2D eigenvalue weighted by atomic mass is 9.80. The van der Waals surface area contributed by atoms with Gasteiger partial charge in [0.15, 0.2) is 0 Å². The number of nitrogens with one attached hydrogen (secondary N) is 1. The second kappa shape index (κ2) is 6.51. The van der Waals surface area contributed by atoms with Gasteiger partial charge in [0.25, 0.3) is 0 Å². The molecule has 1 aliphatic carbocycles. The van der Waals surface area contributed by atoms with E-state index in [4.69, 9.17) is 4.74 Å². The maximum absolute atomic E-state index is 5.69. The van der Waals surface area contributed by atoms with Crippen LogP contribution in [0.1, 0.15) is 24.9 Å². The van der Waals surface area contributed by atoms with Crippen molar-refractivity contribution in [2.24, 2.45) is 5.41 Å². The summed E-state index contributed by atoms with van der Waals surface area (Å²) in [5.74, 6) is 0.783. The third-order valence-electron chi connectivity index (χ3n) is 4.41. The lowest BCUT2D eigenvalue weighted by molar-refractivity contribution is 0.273. The summed E-state index contributed by atoms with van der Waals surface area (Å²) in [6, 6.07) is 8.21. The van der Waals surface area contributed by atoms with E-state index in [0.29, 0.717) is 12.6 Å². The molecule has 5 nitrogen and oxygen atoms in total. The first-order valence-electron chi connectivity index (χ1n) is 8.42. The number of allylic oxidation sites excluding steroid dienone is 4. The Hall–Kier alpha value is -2.95. The van der Waals surface area contributed by atoms with Gasteiger partial charge >= 0.3 is 6.01 Å². The molecule has 0 fully saturated rings. The molecule has 0 radical (unpaired) electrons. The van der Waals surface area contributed by atoms with Crippen molar-refractivity contribution in [3.63, 3.8) is 0 Å². The van der Waals surface area contributed by atoms with Gasteiger partial charge in [-0.05, 0) is 24.3 Å². The zero-order valence-corrected chi connectivity index (χ0v) is 14.1. The number of rotatable bonds is 5. The van der Waals surface area contributed by atoms with Crippen LogP contribution in [0.3, 0.4) is 0 Å². The summed E-state index contributed by atoms with van der Waals surface area (Å²) >= 11 is 0. The van der Waals surface area contributed by atoms with E-state index in [1.807, 2.05) is 30.5 Å². The SMILES string of the molecule is CC1(Cc2cnc(COc3ncc4ccccc4n3)[nH]2)C=CC=CC1. The van der Waals surface area contributed by atoms with Crippen molar-refractivity contribution in [2.45, 2.75) is 26.4 Å². The third-order valence-corrected chi connectivity index (χ3v) is 4.41. The van der Waals surface area contributed by atoms with Crippen LogP contribution in [0.4, 0.5) is 0 Å². The molecule has 1 unspecified atom stereocenters. The number of fused-ring (bicyclic) bond motifs is 1. The van der Waals surface area contributed by atoms with E-state index < -0.39 is 0 Å². The second-order valence-electron chi connectivity index (χ2n) is 6.68. The minimum atomic E-state index is 0.140. The molecule has 0 amide bonds. The van der Waals surface area contributed by atoms with Crippen molar-refractivity contribution in [3.8, 4) is 6.01 Å². The van der Waals surface area contributed by atoms with Crippen LogP contribution in [0.15, 0.2) is 61.0 Å². The normalized spacial score (nSPS) is 19.4. The summed E-state index contributed by atoms with van der Waals surface area (Å²) in [5, 5.41) is 0.998. The number of benzene rings is 1. The number of aromatic amines is 1. The molecule has 1 N–H and O–H groups in total. The zero-order chi connectivity index (χ0) is 17.1. The number of H-pyrrole nitrogens is 1. The van der Waals surface area contributed by atoms with E-state index in [1.165, 1.54) is 0 Å². The Kier molecular flexibility index (Phi) is 4.06. The molecular weight excluding hydrogens is 312 g/mol. The number of imidazole rings is 1. The minimum absolute atomic E-state index is 0.140. The fourth-order valence-corrected chi connectivity index (χ4v) is 3.06. The zero-order valence-electron chi connectivity index (χ0n) is 14.1. The van der Waals surface area contributed by atoms with E-state index in [0.717, 1.165) is 35.3 Å². The summed E-state index contributed by atoms with van der Waals surface area (Å²) < 4.78 is 5.69. The molecular formula is C20H20N4O. The Morgan fingerprint density at radius 1 is 1.16 bits per heavy atom. The molecule has 1 aliphatic rings. The summed E-state index contributed by atoms with van der Waals surface area (Å²) in [6.07, 6.45) is 14.3. The Morgan fingerprint density at radius 3 is 2.96 bits per heavy atom. The van der Waals surface area contributed by atoms with Crippen LogP contribution in [-0.2, 0) is 13.0 Å². The van der Waals surface area contributed by atoms with E-state index >= 15 is 0 Å². The van der Waals surface area contributed by atoms with Crippen molar-refractivity contribution in [2.75, 3.05) is 0 Å². The van der Waals surface area contributed by atoms with Gasteiger partial charge in [0.05, 0.1) is 5.52 Å². The van der Waals surface area contributed by atoms with Gasteiger partial charge in [0.1, 0.15) is 12.4 Å². The van der Waals surface area contributed by atoms with Crippen LogP contribution in [0.2, 0.25) is 0 Å². The smallest absolute Gasteiger partial charge is 0.317 e. The number of aromatic nitrogens is 4. The Labute approximate surface area is 146 Å². The lowest BCUT2D eigenvalue weighted by Crippen LogP contribution is -2.17. The Bertz CT molecular complexity index is 944. The molecule has 126 valence electrons. The highest BCUT2D eigenvalue weighted by Crippen LogP contribution is 2.30. The molecule has 0 spiro atoms. The van der Waals surface area contributed by atoms with Gasteiger partial charge < -0.3 is 9.72 Å². The molecule has 5 heteroatoms. The molecule has 1 aromatic carbocycles. The predicted molar refractivity (Wildman–Crippen MR) is 97.2 cm³/mol. The molecule has 0 aliphatic heterocycles. The summed E-state index contributed by atoms with van der Waals surface area (Å²) in [7, 11) is 0. The van der Waals surface area contributed by atoms with Crippen molar-refractivity contribution < 1.29 is 4.74 Å². The monoisotopic (exact) mass is 332 g/mol. The van der Waals surface area contributed by atoms with Crippen molar-refractivity contribution >= 4 is 10.9 Å². The summed E-state index contributed by atoms with van der Waals surface area (Å²) in [4.78, 5) is 16.4. The molecule has 0 bridgehead atoms. The van der Waals surface area contributed by atoms with Crippen molar-refractivity contribution in [1.82, 2.24) is 19.9 Å². The number of hydrogen-bond donors (Lipinski definition) is 1. The van der Waals surface area contributed by atoms with E-state index in [2.05, 4.69) is 51.2 Å². The van der Waals surface area contributed by atoms with E-state index in [-0.39, 0.29) is 5.41 Å². The first-order valence-corrected chi connectivity index (χ1v) is 8.42. The fraction of sp³-hybridized carbons (Fsp3) is 0.250. The Morgan fingerprint density at radius 2 is 2.08 bits per heavy atom. The quantitative estimate of drug-likeness (QED) is 0.767. The van der Waals surface area contributed by atoms with Crippen LogP contribution in [0.5, 0.6) is 6.01 Å². The second-order valence-corrected chi connectivity index (χ2v) is 6.68. The van der Waals surface area contributed by atoms with E-state index in [1.54, 1.807) is 6.20 Å². The third kappa shape index (κ3) is 3.60. The summed E-state index contributed by atoms with van der Waals surface area (Å²) in [6.45, 7) is 2.58. The van der Waals surface area contributed by atoms with Crippen LogP contribution in [-0.4, -0.2) is 19.9 Å². The van der Waals surface area contributed by atoms with Crippen LogP contribution >= 0.6 is 0 Å². The molecule has 2 heterocycles. The molecule has 1 atom stereocenters. The van der Waals surface area contributed by atoms with Gasteiger partial charge in [-0.15, -0.1) is 0 Å². The molecule has 2 aromatic heterocycles. The van der Waals surface area contributed by atoms with Gasteiger partial charge in [0, 0.05) is 23.5 Å². The van der Waals surface area contributed by atoms with Gasteiger partial charge in [-0.2, -0.15) is 4.98 Å². The van der Waals surface area contributed by atoms with Gasteiger partial charge in [-0.1, -0.05) is 49.4 Å². The highest BCUT2D eigenvalue weighted by Gasteiger charge is 2.22. The van der Waals surface area contributed by atoms with Crippen molar-refractivity contribution in [1.29, 1.82) is 0 Å².